The fourth-order valence-corrected chi connectivity index (χ4v) is 4.09. The summed E-state index contributed by atoms with van der Waals surface area (Å²) in [5.74, 6) is 0.480. The first-order valence-corrected chi connectivity index (χ1v) is 10.8. The molecule has 1 aromatic heterocycles. The molecule has 4 rings (SSSR count). The highest BCUT2D eigenvalue weighted by molar-refractivity contribution is 6.04. The molecule has 1 fully saturated rings. The van der Waals surface area contributed by atoms with E-state index in [0.717, 1.165) is 37.0 Å². The number of benzene rings is 2. The van der Waals surface area contributed by atoms with Crippen molar-refractivity contribution >= 4 is 17.5 Å². The van der Waals surface area contributed by atoms with E-state index in [4.69, 9.17) is 4.42 Å². The van der Waals surface area contributed by atoms with E-state index in [1.807, 2.05) is 59.9 Å². The van der Waals surface area contributed by atoms with Gasteiger partial charge in [-0.2, -0.15) is 0 Å². The Kier molecular flexibility index (Phi) is 6.79. The van der Waals surface area contributed by atoms with E-state index in [-0.39, 0.29) is 30.4 Å². The number of hydrogen-bond acceptors (Lipinski definition) is 3. The summed E-state index contributed by atoms with van der Waals surface area (Å²) in [4.78, 5) is 25.5. The first-order chi connectivity index (χ1) is 15.2. The average Bonchev–Trinajstić information content (AvgIpc) is 3.50. The molecule has 4 N–H and O–H groups in total. The van der Waals surface area contributed by atoms with E-state index in [1.165, 1.54) is 0 Å². The summed E-state index contributed by atoms with van der Waals surface area (Å²) in [7, 11) is 0. The number of carbonyl (C=O) groups excluding carboxylic acids is 2. The second kappa shape index (κ2) is 10.1. The number of quaternary nitrogens is 1. The molecule has 1 aliphatic rings. The molecular weight excluding hydrogens is 390 g/mol. The molecule has 160 valence electrons. The smallest absolute Gasteiger partial charge is 0.279 e. The summed E-state index contributed by atoms with van der Waals surface area (Å²) in [6.07, 6.45) is 5.97. The van der Waals surface area contributed by atoms with Crippen molar-refractivity contribution in [2.75, 3.05) is 11.9 Å². The Balaban J connectivity index is 1.41. The molecule has 0 spiro atoms. The van der Waals surface area contributed by atoms with Gasteiger partial charge in [0.15, 0.2) is 18.3 Å². The lowest BCUT2D eigenvalue weighted by Crippen LogP contribution is -2.87. The van der Waals surface area contributed by atoms with Gasteiger partial charge in [0.1, 0.15) is 0 Å². The van der Waals surface area contributed by atoms with Crippen molar-refractivity contribution in [3.05, 3.63) is 89.9 Å². The maximum absolute atomic E-state index is 12.7. The zero-order valence-corrected chi connectivity index (χ0v) is 17.4. The van der Waals surface area contributed by atoms with Crippen molar-refractivity contribution in [1.29, 1.82) is 0 Å². The maximum atomic E-state index is 12.7. The van der Waals surface area contributed by atoms with Gasteiger partial charge in [-0.1, -0.05) is 55.3 Å². The van der Waals surface area contributed by atoms with Crippen molar-refractivity contribution in [2.24, 2.45) is 0 Å². The molecule has 1 atom stereocenters. The van der Waals surface area contributed by atoms with Crippen LogP contribution >= 0.6 is 0 Å². The Morgan fingerprint density at radius 1 is 0.968 bits per heavy atom. The summed E-state index contributed by atoms with van der Waals surface area (Å²) in [5.41, 5.74) is 2.08. The minimum absolute atomic E-state index is 0.122. The standard InChI is InChI=1S/C25H27N3O3/c29-23(17-26-24(22-15-8-16-31-22)18-9-2-1-3-10-18)28-21-14-7-6-13-20(21)25(30)27-19-11-4-5-12-19/h1-3,6-10,13-16,19,24,26H,4-5,11-12,17H2,(H,27,30)(H,28,29)/p+1/t24-/m0/s1. The van der Waals surface area contributed by atoms with Gasteiger partial charge in [-0.25, -0.2) is 0 Å². The van der Waals surface area contributed by atoms with Gasteiger partial charge < -0.3 is 20.4 Å². The Labute approximate surface area is 182 Å². The van der Waals surface area contributed by atoms with Crippen LogP contribution in [0.3, 0.4) is 0 Å². The normalized spacial score (nSPS) is 14.8. The molecule has 0 aliphatic heterocycles. The molecule has 0 radical (unpaired) electrons. The van der Waals surface area contributed by atoms with Crippen molar-refractivity contribution in [3.63, 3.8) is 0 Å². The van der Waals surface area contributed by atoms with Gasteiger partial charge in [0.05, 0.1) is 17.5 Å². The topological polar surface area (TPSA) is 88.0 Å². The van der Waals surface area contributed by atoms with Crippen LogP contribution in [0.1, 0.15) is 53.4 Å². The molecule has 1 saturated carbocycles. The zero-order chi connectivity index (χ0) is 21.5. The molecule has 0 unspecified atom stereocenters. The van der Waals surface area contributed by atoms with Gasteiger partial charge in [0.25, 0.3) is 11.8 Å². The molecule has 0 saturated heterocycles. The first kappa shape index (κ1) is 20.9. The van der Waals surface area contributed by atoms with Crippen LogP contribution in [0.25, 0.3) is 0 Å². The van der Waals surface area contributed by atoms with Gasteiger partial charge in [-0.15, -0.1) is 0 Å². The fourth-order valence-electron chi connectivity index (χ4n) is 4.09. The van der Waals surface area contributed by atoms with Crippen LogP contribution in [0.5, 0.6) is 0 Å². The summed E-state index contributed by atoms with van der Waals surface area (Å²) >= 11 is 0. The van der Waals surface area contributed by atoms with Crippen molar-refractivity contribution in [2.45, 2.75) is 37.8 Å². The molecule has 1 aliphatic carbocycles. The van der Waals surface area contributed by atoms with Crippen LogP contribution < -0.4 is 16.0 Å². The first-order valence-electron chi connectivity index (χ1n) is 10.8. The Bertz CT molecular complexity index is 996. The minimum Gasteiger partial charge on any atom is -0.463 e. The van der Waals surface area contributed by atoms with Crippen molar-refractivity contribution in [1.82, 2.24) is 5.32 Å². The van der Waals surface area contributed by atoms with Crippen LogP contribution in [0.15, 0.2) is 77.4 Å². The van der Waals surface area contributed by atoms with E-state index in [2.05, 4.69) is 10.6 Å². The molecule has 0 bridgehead atoms. The summed E-state index contributed by atoms with van der Waals surface area (Å²) in [6, 6.07) is 20.9. The summed E-state index contributed by atoms with van der Waals surface area (Å²) in [6.45, 7) is 0.193. The third-order valence-electron chi connectivity index (χ3n) is 5.68. The number of anilines is 1. The molecule has 1 heterocycles. The van der Waals surface area contributed by atoms with E-state index in [0.29, 0.717) is 11.3 Å². The lowest BCUT2D eigenvalue weighted by Gasteiger charge is -2.16. The lowest BCUT2D eigenvalue weighted by molar-refractivity contribution is -0.678. The molecule has 6 heteroatoms. The molecule has 3 aromatic rings. The van der Waals surface area contributed by atoms with Crippen LogP contribution in [-0.4, -0.2) is 24.4 Å². The quantitative estimate of drug-likeness (QED) is 0.525. The number of para-hydroxylation sites is 1. The largest absolute Gasteiger partial charge is 0.463 e. The van der Waals surface area contributed by atoms with Crippen LogP contribution in [0, 0.1) is 0 Å². The second-order valence-corrected chi connectivity index (χ2v) is 7.89. The number of nitrogens with two attached hydrogens (primary N) is 1. The predicted molar refractivity (Wildman–Crippen MR) is 119 cm³/mol. The highest BCUT2D eigenvalue weighted by Gasteiger charge is 2.23. The van der Waals surface area contributed by atoms with Crippen LogP contribution in [0.4, 0.5) is 5.69 Å². The van der Waals surface area contributed by atoms with E-state index < -0.39 is 0 Å². The predicted octanol–water partition coefficient (Wildman–Crippen LogP) is 3.24. The molecular formula is C25H28N3O3+. The van der Waals surface area contributed by atoms with Gasteiger partial charge in [0, 0.05) is 11.6 Å². The van der Waals surface area contributed by atoms with Gasteiger partial charge in [0.2, 0.25) is 0 Å². The van der Waals surface area contributed by atoms with Crippen LogP contribution in [-0.2, 0) is 4.79 Å². The SMILES string of the molecule is O=C(C[NH2+][C@@H](c1ccccc1)c1ccco1)Nc1ccccc1C(=O)NC1CCCC1. The molecule has 2 amide bonds. The Morgan fingerprint density at radius 2 is 1.71 bits per heavy atom. The third-order valence-corrected chi connectivity index (χ3v) is 5.68. The number of carbonyl (C=O) groups is 2. The minimum atomic E-state index is -0.173. The summed E-state index contributed by atoms with van der Waals surface area (Å²) < 4.78 is 5.60. The highest BCUT2D eigenvalue weighted by Crippen LogP contribution is 2.21. The van der Waals surface area contributed by atoms with E-state index in [9.17, 15) is 9.59 Å². The Hall–Kier alpha value is -3.38. The summed E-state index contributed by atoms with van der Waals surface area (Å²) in [5, 5.41) is 7.93. The van der Waals surface area contributed by atoms with Gasteiger partial charge in [-0.05, 0) is 37.1 Å². The second-order valence-electron chi connectivity index (χ2n) is 7.89. The number of nitrogens with one attached hydrogen (secondary N) is 2. The van der Waals surface area contributed by atoms with Crippen molar-refractivity contribution < 1.29 is 19.3 Å². The lowest BCUT2D eigenvalue weighted by atomic mass is 10.0. The van der Waals surface area contributed by atoms with Crippen molar-refractivity contribution in [3.8, 4) is 0 Å². The maximum Gasteiger partial charge on any atom is 0.279 e. The third kappa shape index (κ3) is 5.41. The molecule has 6 nitrogen and oxygen atoms in total. The van der Waals surface area contributed by atoms with Gasteiger partial charge in [-0.3, -0.25) is 9.59 Å². The zero-order valence-electron chi connectivity index (χ0n) is 17.4. The number of hydrogen-bond donors (Lipinski definition) is 3. The number of amides is 2. The Morgan fingerprint density at radius 3 is 2.45 bits per heavy atom. The van der Waals surface area contributed by atoms with Gasteiger partial charge >= 0.3 is 0 Å². The van der Waals surface area contributed by atoms with Crippen LogP contribution in [0.2, 0.25) is 0 Å². The van der Waals surface area contributed by atoms with E-state index >= 15 is 0 Å². The number of furan rings is 1. The number of rotatable bonds is 8. The molecule has 31 heavy (non-hydrogen) atoms. The van der Waals surface area contributed by atoms with E-state index in [1.54, 1.807) is 18.4 Å². The molecule has 2 aromatic carbocycles. The highest BCUT2D eigenvalue weighted by atomic mass is 16.3. The monoisotopic (exact) mass is 418 g/mol. The fraction of sp³-hybridized carbons (Fsp3) is 0.280. The average molecular weight is 419 g/mol.